The van der Waals surface area contributed by atoms with Crippen LogP contribution in [0.1, 0.15) is 11.1 Å². The molecule has 0 radical (unpaired) electrons. The molecule has 0 heterocycles. The van der Waals surface area contributed by atoms with Gasteiger partial charge in [-0.15, -0.1) is 0 Å². The van der Waals surface area contributed by atoms with Crippen LogP contribution in [-0.4, -0.2) is 11.1 Å². The molecular weight excluding hydrogens is 267 g/mol. The number of carboxylic acid groups (broad SMARTS) is 1. The second kappa shape index (κ2) is 5.67. The molecule has 0 aromatic heterocycles. The molecule has 0 atom stereocenters. The fourth-order valence-corrected chi connectivity index (χ4v) is 1.90. The summed E-state index contributed by atoms with van der Waals surface area (Å²) in [5, 5.41) is 9.71. The molecule has 0 saturated heterocycles. The van der Waals surface area contributed by atoms with E-state index in [2.05, 4.69) is 0 Å². The lowest BCUT2D eigenvalue weighted by molar-refractivity contribution is -0.130. The predicted molar refractivity (Wildman–Crippen MR) is 73.4 cm³/mol. The normalized spacial score (nSPS) is 11.4. The van der Waals surface area contributed by atoms with Gasteiger partial charge in [0.25, 0.3) is 0 Å². The number of aliphatic carboxylic acids is 1. The Morgan fingerprint density at radius 3 is 2.53 bits per heavy atom. The summed E-state index contributed by atoms with van der Waals surface area (Å²) in [7, 11) is 0. The molecule has 0 bridgehead atoms. The number of carboxylic acids is 1. The van der Waals surface area contributed by atoms with E-state index in [9.17, 15) is 14.3 Å². The van der Waals surface area contributed by atoms with Gasteiger partial charge in [0.2, 0.25) is 0 Å². The molecule has 0 aliphatic carbocycles. The molecule has 2 aromatic carbocycles. The third-order valence-corrected chi connectivity index (χ3v) is 2.79. The van der Waals surface area contributed by atoms with E-state index in [-0.39, 0.29) is 11.1 Å². The van der Waals surface area contributed by atoms with Crippen molar-refractivity contribution in [1.29, 1.82) is 0 Å². The van der Waals surface area contributed by atoms with Crippen molar-refractivity contribution in [2.75, 3.05) is 0 Å². The van der Waals surface area contributed by atoms with Gasteiger partial charge in [-0.1, -0.05) is 41.9 Å². The molecule has 0 aliphatic heterocycles. The minimum atomic E-state index is -1.19. The van der Waals surface area contributed by atoms with Crippen molar-refractivity contribution in [3.05, 3.63) is 70.5 Å². The van der Waals surface area contributed by atoms with E-state index in [0.29, 0.717) is 10.6 Å². The summed E-state index contributed by atoms with van der Waals surface area (Å²) in [4.78, 5) is 11.3. The standard InChI is InChI=1S/C15H10ClFO2/c16-11-5-3-4-10(8-11)9-13(15(18)19)12-6-1-2-7-14(12)17/h1-9H,(H,18,19)/b13-9+. The number of carbonyl (C=O) groups is 1. The van der Waals surface area contributed by atoms with Gasteiger partial charge in [-0.2, -0.15) is 0 Å². The molecule has 2 nitrogen and oxygen atoms in total. The Labute approximate surface area is 114 Å². The highest BCUT2D eigenvalue weighted by Gasteiger charge is 2.14. The topological polar surface area (TPSA) is 37.3 Å². The highest BCUT2D eigenvalue weighted by Crippen LogP contribution is 2.22. The summed E-state index contributed by atoms with van der Waals surface area (Å²) in [6.45, 7) is 0. The zero-order valence-corrected chi connectivity index (χ0v) is 10.6. The average Bonchev–Trinajstić information content (AvgIpc) is 2.37. The summed E-state index contributed by atoms with van der Waals surface area (Å²) in [5.41, 5.74) is 0.545. The highest BCUT2D eigenvalue weighted by atomic mass is 35.5. The molecule has 0 aliphatic rings. The van der Waals surface area contributed by atoms with Crippen molar-refractivity contribution in [3.63, 3.8) is 0 Å². The van der Waals surface area contributed by atoms with Gasteiger partial charge in [-0.3, -0.25) is 0 Å². The molecule has 0 fully saturated rings. The van der Waals surface area contributed by atoms with Crippen LogP contribution in [0, 0.1) is 5.82 Å². The minimum Gasteiger partial charge on any atom is -0.478 e. The summed E-state index contributed by atoms with van der Waals surface area (Å²) in [5.74, 6) is -1.76. The van der Waals surface area contributed by atoms with Crippen LogP contribution in [0.15, 0.2) is 48.5 Å². The number of benzene rings is 2. The van der Waals surface area contributed by atoms with Crippen molar-refractivity contribution in [1.82, 2.24) is 0 Å². The minimum absolute atomic E-state index is 0.0509. The maximum atomic E-state index is 13.7. The summed E-state index contributed by atoms with van der Waals surface area (Å²) < 4.78 is 13.7. The molecule has 1 N–H and O–H groups in total. The van der Waals surface area contributed by atoms with Gasteiger partial charge in [0.15, 0.2) is 0 Å². The summed E-state index contributed by atoms with van der Waals surface area (Å²) >= 11 is 5.83. The Bertz CT molecular complexity index is 650. The van der Waals surface area contributed by atoms with Crippen LogP contribution in [0.2, 0.25) is 5.02 Å². The lowest BCUT2D eigenvalue weighted by Crippen LogP contribution is -2.01. The molecule has 4 heteroatoms. The van der Waals surface area contributed by atoms with Crippen LogP contribution in [0.3, 0.4) is 0 Å². The monoisotopic (exact) mass is 276 g/mol. The van der Waals surface area contributed by atoms with Gasteiger partial charge >= 0.3 is 5.97 Å². The van der Waals surface area contributed by atoms with E-state index in [1.165, 1.54) is 24.3 Å². The molecule has 2 aromatic rings. The van der Waals surface area contributed by atoms with Gasteiger partial charge in [0.1, 0.15) is 5.82 Å². The fraction of sp³-hybridized carbons (Fsp3) is 0. The van der Waals surface area contributed by atoms with E-state index < -0.39 is 11.8 Å². The lowest BCUT2D eigenvalue weighted by Gasteiger charge is -2.04. The molecule has 19 heavy (non-hydrogen) atoms. The number of hydrogen-bond acceptors (Lipinski definition) is 1. The maximum absolute atomic E-state index is 13.7. The second-order valence-corrected chi connectivity index (χ2v) is 4.33. The smallest absolute Gasteiger partial charge is 0.336 e. The zero-order valence-electron chi connectivity index (χ0n) is 9.81. The average molecular weight is 277 g/mol. The van der Waals surface area contributed by atoms with E-state index in [1.807, 2.05) is 0 Å². The first-order chi connectivity index (χ1) is 9.08. The first kappa shape index (κ1) is 13.3. The third kappa shape index (κ3) is 3.20. The Kier molecular flexibility index (Phi) is 3.97. The van der Waals surface area contributed by atoms with Gasteiger partial charge in [0, 0.05) is 10.6 Å². The highest BCUT2D eigenvalue weighted by molar-refractivity contribution is 6.30. The van der Waals surface area contributed by atoms with Crippen LogP contribution < -0.4 is 0 Å². The van der Waals surface area contributed by atoms with Crippen LogP contribution in [-0.2, 0) is 4.79 Å². The molecule has 0 amide bonds. The zero-order chi connectivity index (χ0) is 13.8. The summed E-state index contributed by atoms with van der Waals surface area (Å²) in [6.07, 6.45) is 1.40. The molecule has 2 rings (SSSR count). The van der Waals surface area contributed by atoms with Gasteiger partial charge < -0.3 is 5.11 Å². The largest absolute Gasteiger partial charge is 0.478 e. The van der Waals surface area contributed by atoms with Gasteiger partial charge in [-0.25, -0.2) is 9.18 Å². The predicted octanol–water partition coefficient (Wildman–Crippen LogP) is 4.10. The molecular formula is C15H10ClFO2. The van der Waals surface area contributed by atoms with E-state index in [1.54, 1.807) is 30.3 Å². The van der Waals surface area contributed by atoms with Crippen molar-refractivity contribution < 1.29 is 14.3 Å². The van der Waals surface area contributed by atoms with E-state index in [0.717, 1.165) is 0 Å². The van der Waals surface area contributed by atoms with Crippen LogP contribution in [0.25, 0.3) is 11.6 Å². The van der Waals surface area contributed by atoms with E-state index >= 15 is 0 Å². The van der Waals surface area contributed by atoms with E-state index in [4.69, 9.17) is 11.6 Å². The first-order valence-electron chi connectivity index (χ1n) is 5.53. The Hall–Kier alpha value is -2.13. The van der Waals surface area contributed by atoms with Gasteiger partial charge in [-0.05, 0) is 29.8 Å². The molecule has 0 saturated carbocycles. The van der Waals surface area contributed by atoms with Crippen LogP contribution in [0.5, 0.6) is 0 Å². The Balaban J connectivity index is 2.53. The first-order valence-corrected chi connectivity index (χ1v) is 5.91. The summed E-state index contributed by atoms with van der Waals surface area (Å²) in [6, 6.07) is 12.5. The van der Waals surface area contributed by atoms with Crippen molar-refractivity contribution in [3.8, 4) is 0 Å². The second-order valence-electron chi connectivity index (χ2n) is 3.90. The van der Waals surface area contributed by atoms with Crippen LogP contribution in [0.4, 0.5) is 4.39 Å². The van der Waals surface area contributed by atoms with Gasteiger partial charge in [0.05, 0.1) is 5.57 Å². The van der Waals surface area contributed by atoms with Crippen LogP contribution >= 0.6 is 11.6 Å². The Morgan fingerprint density at radius 1 is 1.16 bits per heavy atom. The maximum Gasteiger partial charge on any atom is 0.336 e. The molecule has 0 spiro atoms. The van der Waals surface area contributed by atoms with Crippen molar-refractivity contribution in [2.24, 2.45) is 0 Å². The molecule has 96 valence electrons. The Morgan fingerprint density at radius 2 is 1.89 bits per heavy atom. The van der Waals surface area contributed by atoms with Crippen molar-refractivity contribution >= 4 is 29.2 Å². The van der Waals surface area contributed by atoms with Crippen molar-refractivity contribution in [2.45, 2.75) is 0 Å². The quantitative estimate of drug-likeness (QED) is 0.677. The number of hydrogen-bond donors (Lipinski definition) is 1. The SMILES string of the molecule is O=C(O)/C(=C/c1cccc(Cl)c1)c1ccccc1F. The molecule has 0 unspecified atom stereocenters. The number of rotatable bonds is 3. The lowest BCUT2D eigenvalue weighted by atomic mass is 10.0. The fourth-order valence-electron chi connectivity index (χ4n) is 1.70. The third-order valence-electron chi connectivity index (χ3n) is 2.55. The number of halogens is 2.